The van der Waals surface area contributed by atoms with Crippen molar-refractivity contribution < 1.29 is 9.84 Å². The molecule has 96 valence electrons. The van der Waals surface area contributed by atoms with Crippen molar-refractivity contribution in [2.75, 3.05) is 6.61 Å². The Hall–Kier alpha value is -1.06. The maximum absolute atomic E-state index is 9.07. The number of hydrogen-bond donors (Lipinski definition) is 2. The van der Waals surface area contributed by atoms with Gasteiger partial charge >= 0.3 is 0 Å². The lowest BCUT2D eigenvalue weighted by molar-refractivity contribution is 0.241. The first-order valence-corrected chi connectivity index (χ1v) is 6.17. The number of aliphatic hydroxyl groups is 1. The fourth-order valence-corrected chi connectivity index (χ4v) is 1.96. The first-order chi connectivity index (χ1) is 8.04. The molecule has 3 nitrogen and oxygen atoms in total. The molecule has 0 amide bonds. The summed E-state index contributed by atoms with van der Waals surface area (Å²) in [5, 5.41) is 9.07. The first-order valence-electron chi connectivity index (χ1n) is 6.17. The summed E-state index contributed by atoms with van der Waals surface area (Å²) in [6, 6.07) is 8.00. The molecule has 0 aliphatic rings. The zero-order chi connectivity index (χ0) is 12.8. The number of aliphatic hydroxyl groups excluding tert-OH is 1. The third kappa shape index (κ3) is 4.36. The van der Waals surface area contributed by atoms with Crippen molar-refractivity contribution in [1.29, 1.82) is 0 Å². The van der Waals surface area contributed by atoms with E-state index in [0.29, 0.717) is 6.42 Å². The first kappa shape index (κ1) is 14.0. The van der Waals surface area contributed by atoms with Gasteiger partial charge in [0, 0.05) is 18.6 Å². The topological polar surface area (TPSA) is 55.5 Å². The van der Waals surface area contributed by atoms with Crippen LogP contribution in [0.2, 0.25) is 0 Å². The van der Waals surface area contributed by atoms with Gasteiger partial charge in [-0.2, -0.15) is 0 Å². The molecule has 0 radical (unpaired) electrons. The van der Waals surface area contributed by atoms with Crippen LogP contribution in [0, 0.1) is 0 Å². The monoisotopic (exact) mass is 237 g/mol. The Morgan fingerprint density at radius 2 is 2.00 bits per heavy atom. The highest BCUT2D eigenvalue weighted by atomic mass is 16.5. The SMILES string of the molecule is CC(C)Oc1cccc(C(CCO)C(C)N)c1. The average molecular weight is 237 g/mol. The van der Waals surface area contributed by atoms with Crippen LogP contribution in [0.15, 0.2) is 24.3 Å². The molecule has 0 aliphatic carbocycles. The molecule has 3 N–H and O–H groups in total. The summed E-state index contributed by atoms with van der Waals surface area (Å²) in [5.41, 5.74) is 7.09. The van der Waals surface area contributed by atoms with Crippen LogP contribution in [0.4, 0.5) is 0 Å². The van der Waals surface area contributed by atoms with Crippen LogP contribution in [-0.2, 0) is 0 Å². The molecule has 1 rings (SSSR count). The van der Waals surface area contributed by atoms with E-state index in [2.05, 4.69) is 0 Å². The molecule has 0 aliphatic heterocycles. The van der Waals surface area contributed by atoms with Crippen LogP contribution in [0.25, 0.3) is 0 Å². The third-order valence-electron chi connectivity index (χ3n) is 2.73. The van der Waals surface area contributed by atoms with Gasteiger partial charge in [-0.05, 0) is 44.9 Å². The molecule has 17 heavy (non-hydrogen) atoms. The second-order valence-electron chi connectivity index (χ2n) is 4.72. The minimum Gasteiger partial charge on any atom is -0.491 e. The molecular weight excluding hydrogens is 214 g/mol. The van der Waals surface area contributed by atoms with Gasteiger partial charge in [0.15, 0.2) is 0 Å². The van der Waals surface area contributed by atoms with E-state index >= 15 is 0 Å². The Labute approximate surface area is 104 Å². The average Bonchev–Trinajstić information content (AvgIpc) is 2.24. The Kier molecular flexibility index (Phi) is 5.45. The molecule has 2 unspecified atom stereocenters. The van der Waals surface area contributed by atoms with Crippen LogP contribution >= 0.6 is 0 Å². The fraction of sp³-hybridized carbons (Fsp3) is 0.571. The van der Waals surface area contributed by atoms with Crippen molar-refractivity contribution in [3.63, 3.8) is 0 Å². The second-order valence-corrected chi connectivity index (χ2v) is 4.72. The van der Waals surface area contributed by atoms with Gasteiger partial charge in [0.2, 0.25) is 0 Å². The van der Waals surface area contributed by atoms with Gasteiger partial charge in [-0.15, -0.1) is 0 Å². The minimum absolute atomic E-state index is 0.0245. The summed E-state index contributed by atoms with van der Waals surface area (Å²) in [4.78, 5) is 0. The second kappa shape index (κ2) is 6.62. The summed E-state index contributed by atoms with van der Waals surface area (Å²) in [5.74, 6) is 1.04. The van der Waals surface area contributed by atoms with Crippen molar-refractivity contribution in [3.05, 3.63) is 29.8 Å². The highest BCUT2D eigenvalue weighted by molar-refractivity contribution is 5.31. The molecule has 0 spiro atoms. The zero-order valence-electron chi connectivity index (χ0n) is 10.9. The maximum Gasteiger partial charge on any atom is 0.119 e. The standard InChI is InChI=1S/C14H23NO2/c1-10(2)17-13-6-4-5-12(9-13)14(7-8-16)11(3)15/h4-6,9-11,14,16H,7-8,15H2,1-3H3. The molecule has 0 fully saturated rings. The van der Waals surface area contributed by atoms with E-state index in [1.807, 2.05) is 45.0 Å². The van der Waals surface area contributed by atoms with Crippen molar-refractivity contribution in [1.82, 2.24) is 0 Å². The highest BCUT2D eigenvalue weighted by Gasteiger charge is 2.16. The Morgan fingerprint density at radius 1 is 1.29 bits per heavy atom. The van der Waals surface area contributed by atoms with Gasteiger partial charge in [0.05, 0.1) is 6.10 Å². The molecule has 0 bridgehead atoms. The molecule has 0 saturated carbocycles. The van der Waals surface area contributed by atoms with Gasteiger partial charge in [-0.1, -0.05) is 12.1 Å². The van der Waals surface area contributed by atoms with E-state index in [1.54, 1.807) is 0 Å². The summed E-state index contributed by atoms with van der Waals surface area (Å²) in [6.45, 7) is 6.13. The number of nitrogens with two attached hydrogens (primary N) is 1. The zero-order valence-corrected chi connectivity index (χ0v) is 10.9. The van der Waals surface area contributed by atoms with E-state index < -0.39 is 0 Å². The smallest absolute Gasteiger partial charge is 0.119 e. The van der Waals surface area contributed by atoms with Crippen LogP contribution in [0.1, 0.15) is 38.7 Å². The predicted molar refractivity (Wildman–Crippen MR) is 70.3 cm³/mol. The van der Waals surface area contributed by atoms with Gasteiger partial charge in [-0.25, -0.2) is 0 Å². The Bertz CT molecular complexity index is 337. The van der Waals surface area contributed by atoms with Crippen molar-refractivity contribution in [2.45, 2.75) is 45.3 Å². The number of ether oxygens (including phenoxy) is 1. The van der Waals surface area contributed by atoms with Crippen molar-refractivity contribution >= 4 is 0 Å². The molecule has 1 aromatic carbocycles. The van der Waals surface area contributed by atoms with E-state index in [1.165, 1.54) is 0 Å². The summed E-state index contributed by atoms with van der Waals surface area (Å²) < 4.78 is 5.66. The summed E-state index contributed by atoms with van der Waals surface area (Å²) >= 11 is 0. The third-order valence-corrected chi connectivity index (χ3v) is 2.73. The fourth-order valence-electron chi connectivity index (χ4n) is 1.96. The molecule has 3 heteroatoms. The molecule has 0 aromatic heterocycles. The van der Waals surface area contributed by atoms with Crippen LogP contribution in [0.5, 0.6) is 5.75 Å². The Balaban J connectivity index is 2.87. The lowest BCUT2D eigenvalue weighted by atomic mass is 9.90. The van der Waals surface area contributed by atoms with E-state index in [4.69, 9.17) is 15.6 Å². The minimum atomic E-state index is 0.0245. The van der Waals surface area contributed by atoms with Gasteiger partial charge < -0.3 is 15.6 Å². The molecule has 0 saturated heterocycles. The maximum atomic E-state index is 9.07. The molecule has 2 atom stereocenters. The lowest BCUT2D eigenvalue weighted by Crippen LogP contribution is -2.25. The van der Waals surface area contributed by atoms with Crippen LogP contribution in [0.3, 0.4) is 0 Å². The molecule has 0 heterocycles. The summed E-state index contributed by atoms with van der Waals surface area (Å²) in [7, 11) is 0. The number of hydrogen-bond acceptors (Lipinski definition) is 3. The number of benzene rings is 1. The quantitative estimate of drug-likeness (QED) is 0.798. The van der Waals surface area contributed by atoms with Gasteiger partial charge in [-0.3, -0.25) is 0 Å². The highest BCUT2D eigenvalue weighted by Crippen LogP contribution is 2.26. The lowest BCUT2D eigenvalue weighted by Gasteiger charge is -2.21. The van der Waals surface area contributed by atoms with E-state index in [-0.39, 0.29) is 24.7 Å². The van der Waals surface area contributed by atoms with Crippen LogP contribution in [-0.4, -0.2) is 23.9 Å². The van der Waals surface area contributed by atoms with Crippen LogP contribution < -0.4 is 10.5 Å². The van der Waals surface area contributed by atoms with E-state index in [0.717, 1.165) is 11.3 Å². The van der Waals surface area contributed by atoms with Gasteiger partial charge in [0.1, 0.15) is 5.75 Å². The van der Waals surface area contributed by atoms with Crippen molar-refractivity contribution in [3.8, 4) is 5.75 Å². The predicted octanol–water partition coefficient (Wildman–Crippen LogP) is 2.29. The molecular formula is C14H23NO2. The van der Waals surface area contributed by atoms with E-state index in [9.17, 15) is 0 Å². The Morgan fingerprint density at radius 3 is 2.53 bits per heavy atom. The van der Waals surface area contributed by atoms with Crippen molar-refractivity contribution in [2.24, 2.45) is 5.73 Å². The largest absolute Gasteiger partial charge is 0.491 e. The number of rotatable bonds is 6. The summed E-state index contributed by atoms with van der Waals surface area (Å²) in [6.07, 6.45) is 0.847. The molecule has 1 aromatic rings. The normalized spacial score (nSPS) is 14.7. The van der Waals surface area contributed by atoms with Gasteiger partial charge in [0.25, 0.3) is 0 Å².